The molecule has 0 saturated heterocycles. The fourth-order valence-electron chi connectivity index (χ4n) is 1.73. The highest BCUT2D eigenvalue weighted by Gasteiger charge is 2.21. The standard InChI is InChI=1S/C12H18N2O4S/c1-9-7-10(5-6-11(9)14(15)16)8-19(17,18)13-12(2,3)4/h5-7,13H,8H2,1-4H3. The quantitative estimate of drug-likeness (QED) is 0.678. The van der Waals surface area contributed by atoms with E-state index < -0.39 is 20.5 Å². The molecular formula is C12H18N2O4S. The highest BCUT2D eigenvalue weighted by atomic mass is 32.2. The van der Waals surface area contributed by atoms with Crippen molar-refractivity contribution in [1.82, 2.24) is 4.72 Å². The van der Waals surface area contributed by atoms with Crippen molar-refractivity contribution in [2.24, 2.45) is 0 Å². The van der Waals surface area contributed by atoms with Gasteiger partial charge in [0.1, 0.15) is 0 Å². The van der Waals surface area contributed by atoms with Gasteiger partial charge in [0.15, 0.2) is 0 Å². The molecule has 0 aromatic heterocycles. The van der Waals surface area contributed by atoms with Gasteiger partial charge < -0.3 is 0 Å². The number of nitro benzene ring substituents is 1. The zero-order valence-corrected chi connectivity index (χ0v) is 12.2. The second-order valence-electron chi connectivity index (χ2n) is 5.49. The maximum Gasteiger partial charge on any atom is 0.272 e. The molecule has 0 amide bonds. The van der Waals surface area contributed by atoms with Crippen LogP contribution in [0.15, 0.2) is 18.2 Å². The van der Waals surface area contributed by atoms with Gasteiger partial charge in [0.05, 0.1) is 10.7 Å². The van der Waals surface area contributed by atoms with Crippen LogP contribution in [0.2, 0.25) is 0 Å². The van der Waals surface area contributed by atoms with Crippen molar-refractivity contribution in [2.45, 2.75) is 39.0 Å². The molecule has 19 heavy (non-hydrogen) atoms. The lowest BCUT2D eigenvalue weighted by atomic mass is 10.1. The zero-order valence-electron chi connectivity index (χ0n) is 11.4. The molecule has 0 fully saturated rings. The van der Waals surface area contributed by atoms with Crippen molar-refractivity contribution in [1.29, 1.82) is 0 Å². The summed E-state index contributed by atoms with van der Waals surface area (Å²) in [4.78, 5) is 10.2. The van der Waals surface area contributed by atoms with Gasteiger partial charge in [-0.05, 0) is 39.3 Å². The van der Waals surface area contributed by atoms with Crippen LogP contribution in [-0.2, 0) is 15.8 Å². The first-order chi connectivity index (χ1) is 8.50. The van der Waals surface area contributed by atoms with E-state index in [-0.39, 0.29) is 11.4 Å². The predicted molar refractivity (Wildman–Crippen MR) is 73.3 cm³/mol. The highest BCUT2D eigenvalue weighted by molar-refractivity contribution is 7.88. The molecule has 0 atom stereocenters. The summed E-state index contributed by atoms with van der Waals surface area (Å²) in [5, 5.41) is 10.7. The summed E-state index contributed by atoms with van der Waals surface area (Å²) in [6, 6.07) is 4.32. The topological polar surface area (TPSA) is 89.3 Å². The lowest BCUT2D eigenvalue weighted by molar-refractivity contribution is -0.385. The van der Waals surface area contributed by atoms with Crippen LogP contribution in [0.3, 0.4) is 0 Å². The van der Waals surface area contributed by atoms with E-state index in [1.165, 1.54) is 18.2 Å². The summed E-state index contributed by atoms with van der Waals surface area (Å²) in [5.41, 5.74) is 0.424. The zero-order chi connectivity index (χ0) is 14.8. The largest absolute Gasteiger partial charge is 0.272 e. The molecule has 1 N–H and O–H groups in total. The summed E-state index contributed by atoms with van der Waals surface area (Å²) < 4.78 is 26.3. The third-order valence-electron chi connectivity index (χ3n) is 2.28. The maximum atomic E-state index is 11.9. The summed E-state index contributed by atoms with van der Waals surface area (Å²) in [6.45, 7) is 6.86. The van der Waals surface area contributed by atoms with Gasteiger partial charge in [0.2, 0.25) is 10.0 Å². The van der Waals surface area contributed by atoms with Crippen molar-refractivity contribution < 1.29 is 13.3 Å². The monoisotopic (exact) mass is 286 g/mol. The van der Waals surface area contributed by atoms with Crippen molar-refractivity contribution in [3.63, 3.8) is 0 Å². The number of nitro groups is 1. The van der Waals surface area contributed by atoms with Crippen LogP contribution in [0.25, 0.3) is 0 Å². The van der Waals surface area contributed by atoms with E-state index in [4.69, 9.17) is 0 Å². The average molecular weight is 286 g/mol. The van der Waals surface area contributed by atoms with Crippen LogP contribution in [0.4, 0.5) is 5.69 Å². The van der Waals surface area contributed by atoms with Crippen molar-refractivity contribution in [2.75, 3.05) is 0 Å². The first-order valence-corrected chi connectivity index (χ1v) is 7.41. The number of benzene rings is 1. The van der Waals surface area contributed by atoms with Gasteiger partial charge in [-0.1, -0.05) is 6.07 Å². The molecule has 1 rings (SSSR count). The Kier molecular flexibility index (Phi) is 4.32. The van der Waals surface area contributed by atoms with Gasteiger partial charge in [-0.25, -0.2) is 13.1 Å². The van der Waals surface area contributed by atoms with Crippen molar-refractivity contribution in [3.8, 4) is 0 Å². The van der Waals surface area contributed by atoms with Gasteiger partial charge in [-0.15, -0.1) is 0 Å². The Hall–Kier alpha value is -1.47. The highest BCUT2D eigenvalue weighted by Crippen LogP contribution is 2.20. The molecular weight excluding hydrogens is 268 g/mol. The molecule has 0 saturated carbocycles. The second-order valence-corrected chi connectivity index (χ2v) is 7.21. The van der Waals surface area contributed by atoms with Crippen LogP contribution >= 0.6 is 0 Å². The second kappa shape index (κ2) is 5.26. The molecule has 0 radical (unpaired) electrons. The molecule has 6 nitrogen and oxygen atoms in total. The van der Waals surface area contributed by atoms with Gasteiger partial charge in [-0.3, -0.25) is 10.1 Å². The van der Waals surface area contributed by atoms with E-state index in [0.717, 1.165) is 0 Å². The minimum atomic E-state index is -3.46. The fraction of sp³-hybridized carbons (Fsp3) is 0.500. The van der Waals surface area contributed by atoms with Gasteiger partial charge in [-0.2, -0.15) is 0 Å². The normalized spacial score (nSPS) is 12.4. The lowest BCUT2D eigenvalue weighted by Gasteiger charge is -2.20. The number of nitrogens with zero attached hydrogens (tertiary/aromatic N) is 1. The molecule has 106 valence electrons. The Morgan fingerprint density at radius 1 is 1.32 bits per heavy atom. The Morgan fingerprint density at radius 2 is 1.89 bits per heavy atom. The predicted octanol–water partition coefficient (Wildman–Crippen LogP) is 2.12. The van der Waals surface area contributed by atoms with Crippen LogP contribution < -0.4 is 4.72 Å². The maximum absolute atomic E-state index is 11.9. The van der Waals surface area contributed by atoms with Crippen LogP contribution in [0, 0.1) is 17.0 Å². The molecule has 0 aliphatic carbocycles. The third kappa shape index (κ3) is 4.96. The van der Waals surface area contributed by atoms with E-state index in [9.17, 15) is 18.5 Å². The summed E-state index contributed by atoms with van der Waals surface area (Å²) in [5.74, 6) is -0.191. The van der Waals surface area contributed by atoms with Crippen molar-refractivity contribution in [3.05, 3.63) is 39.4 Å². The Bertz CT molecular complexity index is 588. The smallest absolute Gasteiger partial charge is 0.258 e. The lowest BCUT2D eigenvalue weighted by Crippen LogP contribution is -2.41. The van der Waals surface area contributed by atoms with Gasteiger partial charge in [0.25, 0.3) is 5.69 Å². The summed E-state index contributed by atoms with van der Waals surface area (Å²) in [6.07, 6.45) is 0. The van der Waals surface area contributed by atoms with Gasteiger partial charge in [0, 0.05) is 17.2 Å². The molecule has 1 aromatic carbocycles. The number of rotatable bonds is 4. The average Bonchev–Trinajstić information content (AvgIpc) is 2.11. The van der Waals surface area contributed by atoms with E-state index in [0.29, 0.717) is 11.1 Å². The molecule has 0 unspecified atom stereocenters. The molecule has 0 aliphatic heterocycles. The van der Waals surface area contributed by atoms with Crippen molar-refractivity contribution >= 4 is 15.7 Å². The van der Waals surface area contributed by atoms with E-state index in [2.05, 4.69) is 4.72 Å². The third-order valence-corrected chi connectivity index (χ3v) is 3.91. The summed E-state index contributed by atoms with van der Waals surface area (Å²) in [7, 11) is -3.46. The number of hydrogen-bond acceptors (Lipinski definition) is 4. The Labute approximate surface area is 113 Å². The van der Waals surface area contributed by atoms with Crippen LogP contribution in [-0.4, -0.2) is 18.9 Å². The van der Waals surface area contributed by atoms with E-state index >= 15 is 0 Å². The van der Waals surface area contributed by atoms with E-state index in [1.807, 2.05) is 0 Å². The first-order valence-electron chi connectivity index (χ1n) is 5.76. The fourth-order valence-corrected chi connectivity index (χ4v) is 3.36. The minimum absolute atomic E-state index is 0.00933. The van der Waals surface area contributed by atoms with Crippen LogP contribution in [0.5, 0.6) is 0 Å². The molecule has 0 bridgehead atoms. The summed E-state index contributed by atoms with van der Waals surface area (Å²) >= 11 is 0. The molecule has 1 aromatic rings. The first kappa shape index (κ1) is 15.6. The van der Waals surface area contributed by atoms with Crippen LogP contribution in [0.1, 0.15) is 31.9 Å². The Balaban J connectivity index is 2.95. The SMILES string of the molecule is Cc1cc(CS(=O)(=O)NC(C)(C)C)ccc1[N+](=O)[O-]. The number of hydrogen-bond donors (Lipinski definition) is 1. The molecule has 0 heterocycles. The molecule has 7 heteroatoms. The van der Waals surface area contributed by atoms with Gasteiger partial charge >= 0.3 is 0 Å². The molecule has 0 spiro atoms. The molecule has 0 aliphatic rings. The number of aryl methyl sites for hydroxylation is 1. The number of nitrogens with one attached hydrogen (secondary N) is 1. The number of sulfonamides is 1. The van der Waals surface area contributed by atoms with E-state index in [1.54, 1.807) is 27.7 Å². The Morgan fingerprint density at radius 3 is 2.32 bits per heavy atom. The minimum Gasteiger partial charge on any atom is -0.258 e.